The number of thiophene rings is 1. The predicted octanol–water partition coefficient (Wildman–Crippen LogP) is 3.13. The fourth-order valence-electron chi connectivity index (χ4n) is 2.18. The molecule has 0 bridgehead atoms. The van der Waals surface area contributed by atoms with Crippen molar-refractivity contribution in [3.8, 4) is 0 Å². The molecule has 1 aromatic heterocycles. The summed E-state index contributed by atoms with van der Waals surface area (Å²) in [4.78, 5) is 1.45. The number of halogens is 1. The molecule has 1 aliphatic heterocycles. The van der Waals surface area contributed by atoms with Gasteiger partial charge in [-0.1, -0.05) is 13.8 Å². The van der Waals surface area contributed by atoms with E-state index in [0.717, 1.165) is 19.6 Å². The molecular formula is C13H21BrN2S. The average Bonchev–Trinajstić information content (AvgIpc) is 2.76. The van der Waals surface area contributed by atoms with Crippen LogP contribution in [0.2, 0.25) is 0 Å². The third kappa shape index (κ3) is 3.78. The van der Waals surface area contributed by atoms with Crippen molar-refractivity contribution in [1.29, 1.82) is 0 Å². The Kier molecular flexibility index (Phi) is 4.64. The van der Waals surface area contributed by atoms with Gasteiger partial charge in [0.25, 0.3) is 0 Å². The van der Waals surface area contributed by atoms with Gasteiger partial charge in [-0.05, 0) is 47.9 Å². The molecule has 2 nitrogen and oxygen atoms in total. The lowest BCUT2D eigenvalue weighted by Gasteiger charge is -2.29. The molecule has 1 saturated heterocycles. The van der Waals surface area contributed by atoms with Crippen LogP contribution in [-0.2, 0) is 5.41 Å². The van der Waals surface area contributed by atoms with Crippen LogP contribution in [0.4, 0.5) is 0 Å². The van der Waals surface area contributed by atoms with Crippen molar-refractivity contribution >= 4 is 27.3 Å². The van der Waals surface area contributed by atoms with E-state index in [2.05, 4.69) is 51.9 Å². The third-order valence-corrected chi connectivity index (χ3v) is 5.46. The molecule has 1 aliphatic rings. The molecule has 0 atom stereocenters. The van der Waals surface area contributed by atoms with Crippen LogP contribution in [0.15, 0.2) is 15.9 Å². The van der Waals surface area contributed by atoms with E-state index in [9.17, 15) is 0 Å². The van der Waals surface area contributed by atoms with Crippen LogP contribution in [0.1, 0.15) is 31.6 Å². The van der Waals surface area contributed by atoms with Gasteiger partial charge in [0, 0.05) is 32.7 Å². The topological polar surface area (TPSA) is 24.1 Å². The predicted molar refractivity (Wildman–Crippen MR) is 78.9 cm³/mol. The second-order valence-electron chi connectivity index (χ2n) is 5.42. The van der Waals surface area contributed by atoms with Crippen LogP contribution in [0.3, 0.4) is 0 Å². The van der Waals surface area contributed by atoms with E-state index in [1.807, 2.05) is 11.3 Å². The van der Waals surface area contributed by atoms with E-state index in [4.69, 9.17) is 0 Å². The number of rotatable bonds is 4. The molecule has 0 amide bonds. The summed E-state index contributed by atoms with van der Waals surface area (Å²) in [6.07, 6.45) is 2.51. The number of hydrogen-bond donors (Lipinski definition) is 2. The van der Waals surface area contributed by atoms with Crippen molar-refractivity contribution in [3.63, 3.8) is 0 Å². The first-order valence-electron chi connectivity index (χ1n) is 6.26. The second-order valence-corrected chi connectivity index (χ2v) is 7.25. The molecule has 1 fully saturated rings. The van der Waals surface area contributed by atoms with Crippen LogP contribution in [0.5, 0.6) is 0 Å². The Morgan fingerprint density at radius 1 is 1.47 bits per heavy atom. The van der Waals surface area contributed by atoms with Gasteiger partial charge >= 0.3 is 0 Å². The van der Waals surface area contributed by atoms with Gasteiger partial charge in [-0.3, -0.25) is 0 Å². The zero-order valence-electron chi connectivity index (χ0n) is 10.6. The van der Waals surface area contributed by atoms with Crippen molar-refractivity contribution in [3.05, 3.63) is 20.8 Å². The zero-order chi connectivity index (χ0) is 12.3. The van der Waals surface area contributed by atoms with Crippen molar-refractivity contribution < 1.29 is 0 Å². The maximum absolute atomic E-state index is 3.72. The Bertz CT molecular complexity index is 356. The minimum absolute atomic E-state index is 0.224. The van der Waals surface area contributed by atoms with Gasteiger partial charge in [-0.15, -0.1) is 11.3 Å². The van der Waals surface area contributed by atoms with Gasteiger partial charge in [-0.2, -0.15) is 0 Å². The fraction of sp³-hybridized carbons (Fsp3) is 0.692. The lowest BCUT2D eigenvalue weighted by molar-refractivity contribution is 0.353. The summed E-state index contributed by atoms with van der Waals surface area (Å²) in [5, 5.41) is 9.29. The monoisotopic (exact) mass is 316 g/mol. The van der Waals surface area contributed by atoms with E-state index < -0.39 is 0 Å². The molecule has 0 aromatic carbocycles. The SMILES string of the molecule is CC(C)(CNC1CCNCC1)c1cc(Br)cs1. The standard InChI is InChI=1S/C13H21BrN2S/c1-13(2,12-7-10(14)8-17-12)9-16-11-3-5-15-6-4-11/h7-8,11,15-16H,3-6,9H2,1-2H3. The molecule has 0 aliphatic carbocycles. The van der Waals surface area contributed by atoms with Crippen molar-refractivity contribution in [2.75, 3.05) is 19.6 Å². The summed E-state index contributed by atoms with van der Waals surface area (Å²) in [7, 11) is 0. The Labute approximate surface area is 116 Å². The van der Waals surface area contributed by atoms with Gasteiger partial charge in [0.1, 0.15) is 0 Å². The second kappa shape index (κ2) is 5.83. The van der Waals surface area contributed by atoms with Crippen LogP contribution in [0.25, 0.3) is 0 Å². The molecular weight excluding hydrogens is 296 g/mol. The molecule has 2 heterocycles. The normalized spacial score (nSPS) is 18.5. The number of hydrogen-bond acceptors (Lipinski definition) is 3. The maximum Gasteiger partial charge on any atom is 0.0285 e. The molecule has 0 saturated carbocycles. The van der Waals surface area contributed by atoms with Crippen LogP contribution >= 0.6 is 27.3 Å². The minimum Gasteiger partial charge on any atom is -0.317 e. The van der Waals surface area contributed by atoms with E-state index in [1.54, 1.807) is 0 Å². The smallest absolute Gasteiger partial charge is 0.0285 e. The van der Waals surface area contributed by atoms with Crippen LogP contribution in [0, 0.1) is 0 Å². The highest BCUT2D eigenvalue weighted by molar-refractivity contribution is 9.10. The average molecular weight is 317 g/mol. The summed E-state index contributed by atoms with van der Waals surface area (Å²) in [5.41, 5.74) is 0.224. The summed E-state index contributed by atoms with van der Waals surface area (Å²) < 4.78 is 1.20. The summed E-state index contributed by atoms with van der Waals surface area (Å²) in [5.74, 6) is 0. The Morgan fingerprint density at radius 3 is 2.76 bits per heavy atom. The van der Waals surface area contributed by atoms with Crippen LogP contribution in [-0.4, -0.2) is 25.7 Å². The van der Waals surface area contributed by atoms with Gasteiger partial charge in [0.2, 0.25) is 0 Å². The quantitative estimate of drug-likeness (QED) is 0.891. The highest BCUT2D eigenvalue weighted by atomic mass is 79.9. The highest BCUT2D eigenvalue weighted by Crippen LogP contribution is 2.31. The lowest BCUT2D eigenvalue weighted by atomic mass is 9.90. The molecule has 4 heteroatoms. The van der Waals surface area contributed by atoms with Gasteiger partial charge in [0.15, 0.2) is 0 Å². The number of piperidine rings is 1. The van der Waals surface area contributed by atoms with E-state index in [1.165, 1.54) is 22.2 Å². The maximum atomic E-state index is 3.72. The lowest BCUT2D eigenvalue weighted by Crippen LogP contribution is -2.44. The molecule has 2 rings (SSSR count). The first kappa shape index (κ1) is 13.5. The van der Waals surface area contributed by atoms with Crippen molar-refractivity contribution in [2.24, 2.45) is 0 Å². The Balaban J connectivity index is 1.88. The highest BCUT2D eigenvalue weighted by Gasteiger charge is 2.24. The number of nitrogens with one attached hydrogen (secondary N) is 2. The third-order valence-electron chi connectivity index (χ3n) is 3.41. The molecule has 0 unspecified atom stereocenters. The Morgan fingerprint density at radius 2 is 2.18 bits per heavy atom. The zero-order valence-corrected chi connectivity index (χ0v) is 13.0. The van der Waals surface area contributed by atoms with E-state index >= 15 is 0 Å². The first-order valence-corrected chi connectivity index (χ1v) is 7.94. The first-order chi connectivity index (χ1) is 8.08. The summed E-state index contributed by atoms with van der Waals surface area (Å²) in [6, 6.07) is 2.94. The minimum atomic E-state index is 0.224. The molecule has 0 spiro atoms. The molecule has 96 valence electrons. The Hall–Kier alpha value is 0.1000. The van der Waals surface area contributed by atoms with Crippen LogP contribution < -0.4 is 10.6 Å². The summed E-state index contributed by atoms with van der Waals surface area (Å²) >= 11 is 5.38. The molecule has 1 aromatic rings. The molecule has 2 N–H and O–H groups in total. The van der Waals surface area contributed by atoms with Crippen molar-refractivity contribution in [2.45, 2.75) is 38.1 Å². The van der Waals surface area contributed by atoms with Gasteiger partial charge in [0.05, 0.1) is 0 Å². The molecule has 17 heavy (non-hydrogen) atoms. The fourth-order valence-corrected chi connectivity index (χ4v) is 3.74. The largest absolute Gasteiger partial charge is 0.317 e. The summed E-state index contributed by atoms with van der Waals surface area (Å²) in [6.45, 7) is 8.01. The van der Waals surface area contributed by atoms with Crippen molar-refractivity contribution in [1.82, 2.24) is 10.6 Å². The van der Waals surface area contributed by atoms with Gasteiger partial charge < -0.3 is 10.6 Å². The van der Waals surface area contributed by atoms with E-state index in [0.29, 0.717) is 6.04 Å². The molecule has 0 radical (unpaired) electrons. The van der Waals surface area contributed by atoms with E-state index in [-0.39, 0.29) is 5.41 Å². The van der Waals surface area contributed by atoms with Gasteiger partial charge in [-0.25, -0.2) is 0 Å².